The number of carbonyl (C=O) groups excluding carboxylic acids is 1. The first-order valence-corrected chi connectivity index (χ1v) is 7.80. The van der Waals surface area contributed by atoms with Crippen molar-refractivity contribution in [3.05, 3.63) is 29.8 Å². The summed E-state index contributed by atoms with van der Waals surface area (Å²) in [6.07, 6.45) is -2.93. The third-order valence-corrected chi connectivity index (χ3v) is 3.90. The van der Waals surface area contributed by atoms with E-state index in [1.54, 1.807) is 11.8 Å². The van der Waals surface area contributed by atoms with Crippen LogP contribution in [-0.4, -0.2) is 47.9 Å². The second kappa shape index (κ2) is 7.74. The number of likely N-dealkylation sites (tertiary alicyclic amines) is 1. The smallest absolute Gasteiger partial charge is 0.419 e. The van der Waals surface area contributed by atoms with E-state index in [9.17, 15) is 23.1 Å². The van der Waals surface area contributed by atoms with Gasteiger partial charge in [0.25, 0.3) is 0 Å². The van der Waals surface area contributed by atoms with E-state index in [-0.39, 0.29) is 31.0 Å². The van der Waals surface area contributed by atoms with Gasteiger partial charge in [-0.25, -0.2) is 4.79 Å². The summed E-state index contributed by atoms with van der Waals surface area (Å²) < 4.78 is 43.9. The molecule has 24 heavy (non-hydrogen) atoms. The van der Waals surface area contributed by atoms with Gasteiger partial charge in [-0.2, -0.15) is 13.2 Å². The van der Waals surface area contributed by atoms with Crippen molar-refractivity contribution in [2.45, 2.75) is 38.0 Å². The predicted octanol–water partition coefficient (Wildman–Crippen LogP) is 2.64. The molecule has 1 saturated heterocycles. The molecule has 2 unspecified atom stereocenters. The number of aliphatic hydroxyl groups excluding tert-OH is 1. The minimum Gasteiger partial charge on any atom is -0.491 e. The van der Waals surface area contributed by atoms with Crippen LogP contribution in [0.5, 0.6) is 5.75 Å². The first kappa shape index (κ1) is 18.4. The molecule has 1 aliphatic rings. The van der Waals surface area contributed by atoms with Crippen molar-refractivity contribution in [2.24, 2.45) is 0 Å². The van der Waals surface area contributed by atoms with Crippen molar-refractivity contribution in [1.29, 1.82) is 0 Å². The minimum atomic E-state index is -4.49. The number of para-hydroxylation sites is 1. The topological polar surface area (TPSA) is 61.8 Å². The molecule has 0 bridgehead atoms. The zero-order chi connectivity index (χ0) is 17.7. The van der Waals surface area contributed by atoms with Crippen molar-refractivity contribution < 1.29 is 27.8 Å². The number of nitrogens with one attached hydrogen (secondary N) is 1. The Morgan fingerprint density at radius 3 is 2.83 bits per heavy atom. The van der Waals surface area contributed by atoms with E-state index >= 15 is 0 Å². The van der Waals surface area contributed by atoms with E-state index in [2.05, 4.69) is 5.32 Å². The summed E-state index contributed by atoms with van der Waals surface area (Å²) >= 11 is 0. The summed E-state index contributed by atoms with van der Waals surface area (Å²) in [4.78, 5) is 13.7. The highest BCUT2D eigenvalue weighted by atomic mass is 19.4. The Labute approximate surface area is 138 Å². The lowest BCUT2D eigenvalue weighted by Crippen LogP contribution is -2.48. The number of carbonyl (C=O) groups is 1. The number of aliphatic hydroxyl groups is 1. The van der Waals surface area contributed by atoms with Crippen LogP contribution in [0.25, 0.3) is 0 Å². The lowest BCUT2D eigenvalue weighted by atomic mass is 10.2. The molecule has 2 amide bonds. The van der Waals surface area contributed by atoms with Gasteiger partial charge in [0.05, 0.1) is 24.3 Å². The average molecular weight is 346 g/mol. The van der Waals surface area contributed by atoms with Crippen LogP contribution in [0.1, 0.15) is 25.3 Å². The molecule has 1 fully saturated rings. The van der Waals surface area contributed by atoms with Gasteiger partial charge in [0.15, 0.2) is 0 Å². The summed E-state index contributed by atoms with van der Waals surface area (Å²) in [5, 5.41) is 11.9. The van der Waals surface area contributed by atoms with Crippen LogP contribution in [0, 0.1) is 0 Å². The second-order valence-corrected chi connectivity index (χ2v) is 5.83. The third kappa shape index (κ3) is 4.53. The van der Waals surface area contributed by atoms with Gasteiger partial charge < -0.3 is 20.1 Å². The number of hydrogen-bond acceptors (Lipinski definition) is 3. The third-order valence-electron chi connectivity index (χ3n) is 3.90. The van der Waals surface area contributed by atoms with Crippen molar-refractivity contribution in [3.8, 4) is 5.75 Å². The zero-order valence-electron chi connectivity index (χ0n) is 13.3. The van der Waals surface area contributed by atoms with Crippen LogP contribution in [0.4, 0.5) is 18.0 Å². The van der Waals surface area contributed by atoms with Gasteiger partial charge in [0.2, 0.25) is 0 Å². The van der Waals surface area contributed by atoms with Gasteiger partial charge in [-0.3, -0.25) is 0 Å². The number of hydrogen-bond donors (Lipinski definition) is 2. The second-order valence-electron chi connectivity index (χ2n) is 5.83. The van der Waals surface area contributed by atoms with Crippen molar-refractivity contribution in [1.82, 2.24) is 10.2 Å². The maximum atomic E-state index is 12.9. The Hall–Kier alpha value is -1.96. The van der Waals surface area contributed by atoms with E-state index in [4.69, 9.17) is 4.74 Å². The molecule has 0 spiro atoms. The van der Waals surface area contributed by atoms with Gasteiger partial charge in [0, 0.05) is 6.54 Å². The van der Waals surface area contributed by atoms with Gasteiger partial charge in [-0.05, 0) is 31.9 Å². The quantitative estimate of drug-likeness (QED) is 0.862. The molecule has 0 aromatic heterocycles. The summed E-state index contributed by atoms with van der Waals surface area (Å²) in [6.45, 7) is 2.02. The molecular weight excluding hydrogens is 325 g/mol. The largest absolute Gasteiger partial charge is 0.491 e. The summed E-state index contributed by atoms with van der Waals surface area (Å²) in [5.41, 5.74) is -0.844. The first-order chi connectivity index (χ1) is 11.3. The molecule has 1 aliphatic heterocycles. The number of benzene rings is 1. The van der Waals surface area contributed by atoms with Crippen molar-refractivity contribution >= 4 is 6.03 Å². The van der Waals surface area contributed by atoms with Gasteiger partial charge in [-0.1, -0.05) is 12.1 Å². The molecule has 8 heteroatoms. The molecule has 0 saturated carbocycles. The molecule has 2 rings (SSSR count). The van der Waals surface area contributed by atoms with Crippen LogP contribution in [0.3, 0.4) is 0 Å². The van der Waals surface area contributed by atoms with E-state index in [0.717, 1.165) is 18.9 Å². The number of rotatable bonds is 5. The Bertz CT molecular complexity index is 566. The molecule has 1 heterocycles. The molecule has 5 nitrogen and oxygen atoms in total. The Morgan fingerprint density at radius 2 is 2.17 bits per heavy atom. The lowest BCUT2D eigenvalue weighted by molar-refractivity contribution is -0.139. The predicted molar refractivity (Wildman–Crippen MR) is 81.7 cm³/mol. The molecule has 134 valence electrons. The summed E-state index contributed by atoms with van der Waals surface area (Å²) in [5.74, 6) is -0.263. The van der Waals surface area contributed by atoms with Gasteiger partial charge in [0.1, 0.15) is 12.4 Å². The minimum absolute atomic E-state index is 0.0868. The molecule has 0 radical (unpaired) electrons. The summed E-state index contributed by atoms with van der Waals surface area (Å²) in [6, 6.07) is 3.94. The molecule has 2 atom stereocenters. The van der Waals surface area contributed by atoms with E-state index in [1.807, 2.05) is 0 Å². The highest BCUT2D eigenvalue weighted by Gasteiger charge is 2.34. The van der Waals surface area contributed by atoms with E-state index in [1.165, 1.54) is 18.2 Å². The fraction of sp³-hybridized carbons (Fsp3) is 0.562. The number of urea groups is 1. The zero-order valence-corrected chi connectivity index (χ0v) is 13.3. The van der Waals surface area contributed by atoms with Crippen molar-refractivity contribution in [2.75, 3.05) is 19.8 Å². The molecule has 1 aromatic rings. The maximum Gasteiger partial charge on any atom is 0.419 e. The standard InChI is InChI=1S/C16H21F3N2O3/c1-11(20-15(23)21-8-4-5-12(21)9-22)10-24-14-7-3-2-6-13(14)16(17,18)19/h2-3,6-7,11-12,22H,4-5,8-10H2,1H3,(H,20,23). The van der Waals surface area contributed by atoms with Crippen LogP contribution < -0.4 is 10.1 Å². The van der Waals surface area contributed by atoms with Crippen LogP contribution >= 0.6 is 0 Å². The fourth-order valence-corrected chi connectivity index (χ4v) is 2.67. The van der Waals surface area contributed by atoms with E-state index < -0.39 is 17.8 Å². The Kier molecular flexibility index (Phi) is 5.93. The molecular formula is C16H21F3N2O3. The lowest BCUT2D eigenvalue weighted by Gasteiger charge is -2.25. The Balaban J connectivity index is 1.90. The van der Waals surface area contributed by atoms with Gasteiger partial charge >= 0.3 is 12.2 Å². The Morgan fingerprint density at radius 1 is 1.46 bits per heavy atom. The normalized spacial score (nSPS) is 19.2. The average Bonchev–Trinajstić information content (AvgIpc) is 3.01. The highest BCUT2D eigenvalue weighted by Crippen LogP contribution is 2.35. The number of alkyl halides is 3. The van der Waals surface area contributed by atoms with Crippen molar-refractivity contribution in [3.63, 3.8) is 0 Å². The fourth-order valence-electron chi connectivity index (χ4n) is 2.67. The summed E-state index contributed by atoms with van der Waals surface area (Å²) in [7, 11) is 0. The highest BCUT2D eigenvalue weighted by molar-refractivity contribution is 5.75. The number of halogens is 3. The number of ether oxygens (including phenoxy) is 1. The SMILES string of the molecule is CC(COc1ccccc1C(F)(F)F)NC(=O)N1CCCC1CO. The van der Waals surface area contributed by atoms with E-state index in [0.29, 0.717) is 6.54 Å². The maximum absolute atomic E-state index is 12.9. The molecule has 0 aliphatic carbocycles. The molecule has 2 N–H and O–H groups in total. The van der Waals surface area contributed by atoms with Gasteiger partial charge in [-0.15, -0.1) is 0 Å². The van der Waals surface area contributed by atoms with Crippen LogP contribution in [0.15, 0.2) is 24.3 Å². The monoisotopic (exact) mass is 346 g/mol. The van der Waals surface area contributed by atoms with Crippen LogP contribution in [0.2, 0.25) is 0 Å². The molecule has 1 aromatic carbocycles. The number of amides is 2. The number of nitrogens with zero attached hydrogens (tertiary/aromatic N) is 1. The first-order valence-electron chi connectivity index (χ1n) is 7.80. The van der Waals surface area contributed by atoms with Crippen LogP contribution in [-0.2, 0) is 6.18 Å².